The van der Waals surface area contributed by atoms with Crippen LogP contribution in [0.3, 0.4) is 0 Å². The van der Waals surface area contributed by atoms with Crippen LogP contribution in [0.25, 0.3) is 12.2 Å². The minimum atomic E-state index is 0. The number of nitrogens with zero attached hydrogens (tertiary/aromatic N) is 1. The fraction of sp³-hybridized carbons (Fsp3) is 0.444. The average molecular weight is 436 g/mol. The van der Waals surface area contributed by atoms with Gasteiger partial charge in [0.15, 0.2) is 5.96 Å². The van der Waals surface area contributed by atoms with Crippen LogP contribution in [0, 0.1) is 16.7 Å². The second-order valence-corrected chi connectivity index (χ2v) is 10.8. The second-order valence-electron chi connectivity index (χ2n) is 10.8. The molecule has 0 amide bonds. The molecule has 4 fully saturated rings. The van der Waals surface area contributed by atoms with Gasteiger partial charge in [-0.05, 0) is 72.5 Å². The van der Waals surface area contributed by atoms with E-state index in [2.05, 4.69) is 73.8 Å². The van der Waals surface area contributed by atoms with Crippen LogP contribution in [-0.4, -0.2) is 11.5 Å². The van der Waals surface area contributed by atoms with Crippen LogP contribution >= 0.6 is 12.4 Å². The zero-order valence-electron chi connectivity index (χ0n) is 18.6. The molecule has 4 bridgehead atoms. The highest BCUT2D eigenvalue weighted by Gasteiger charge is 2.60. The molecule has 4 aliphatic carbocycles. The SMILES string of the molecule is CC12CC3CC(C)(C1)CC(N=C(N)Nc1ccccc1/C=C/c1ccccc1)(C3)C2.Cl. The number of anilines is 1. The van der Waals surface area contributed by atoms with Crippen molar-refractivity contribution in [3.63, 3.8) is 0 Å². The highest BCUT2D eigenvalue weighted by atomic mass is 35.5. The minimum absolute atomic E-state index is 0. The molecule has 0 aliphatic heterocycles. The monoisotopic (exact) mass is 435 g/mol. The van der Waals surface area contributed by atoms with Gasteiger partial charge in [0.05, 0.1) is 5.54 Å². The van der Waals surface area contributed by atoms with Crippen LogP contribution in [0.15, 0.2) is 59.6 Å². The van der Waals surface area contributed by atoms with E-state index in [1.807, 2.05) is 12.1 Å². The molecule has 4 aliphatic rings. The summed E-state index contributed by atoms with van der Waals surface area (Å²) in [5, 5.41) is 3.42. The molecule has 31 heavy (non-hydrogen) atoms. The Morgan fingerprint density at radius 3 is 2.23 bits per heavy atom. The molecule has 2 aromatic rings. The first-order chi connectivity index (χ1) is 14.3. The molecule has 2 aromatic carbocycles. The summed E-state index contributed by atoms with van der Waals surface area (Å²) < 4.78 is 0. The lowest BCUT2D eigenvalue weighted by molar-refractivity contribution is -0.104. The topological polar surface area (TPSA) is 50.4 Å². The molecule has 0 spiro atoms. The van der Waals surface area contributed by atoms with Gasteiger partial charge in [-0.2, -0.15) is 0 Å². The van der Waals surface area contributed by atoms with Crippen molar-refractivity contribution in [2.45, 2.75) is 57.9 Å². The van der Waals surface area contributed by atoms with Crippen LogP contribution in [0.5, 0.6) is 0 Å². The van der Waals surface area contributed by atoms with Crippen molar-refractivity contribution in [1.82, 2.24) is 0 Å². The molecular formula is C27H34ClN3. The quantitative estimate of drug-likeness (QED) is 0.317. The summed E-state index contributed by atoms with van der Waals surface area (Å²) in [6.45, 7) is 4.96. The third kappa shape index (κ3) is 4.52. The predicted molar refractivity (Wildman–Crippen MR) is 134 cm³/mol. The molecule has 0 heterocycles. The Balaban J connectivity index is 0.00000231. The first-order valence-electron chi connectivity index (χ1n) is 11.3. The summed E-state index contributed by atoms with van der Waals surface area (Å²) >= 11 is 0. The summed E-state index contributed by atoms with van der Waals surface area (Å²) in [5.74, 6) is 1.37. The number of para-hydroxylation sites is 1. The summed E-state index contributed by atoms with van der Waals surface area (Å²) in [4.78, 5) is 5.17. The summed E-state index contributed by atoms with van der Waals surface area (Å²) in [7, 11) is 0. The lowest BCUT2D eigenvalue weighted by atomic mass is 9.43. The lowest BCUT2D eigenvalue weighted by Gasteiger charge is -2.64. The first kappa shape index (κ1) is 22.0. The van der Waals surface area contributed by atoms with Gasteiger partial charge in [0.1, 0.15) is 0 Å². The van der Waals surface area contributed by atoms with Gasteiger partial charge in [0.2, 0.25) is 0 Å². The van der Waals surface area contributed by atoms with Gasteiger partial charge in [0, 0.05) is 5.69 Å². The minimum Gasteiger partial charge on any atom is -0.370 e. The van der Waals surface area contributed by atoms with Gasteiger partial charge in [0.25, 0.3) is 0 Å². The van der Waals surface area contributed by atoms with E-state index in [9.17, 15) is 0 Å². The number of aliphatic imine (C=N–C) groups is 1. The standard InChI is InChI=1S/C27H33N3.ClH/c1-25-14-21-15-26(2,17-25)19-27(16-21,18-25)30-24(28)29-23-11-7-6-10-22(23)13-12-20-8-4-3-5-9-20;/h3-13,21H,14-19H2,1-2H3,(H3,28,29,30);1H/b13-12+;. The molecule has 0 aromatic heterocycles. The van der Waals surface area contributed by atoms with Crippen LogP contribution in [0.2, 0.25) is 0 Å². The van der Waals surface area contributed by atoms with Gasteiger partial charge >= 0.3 is 0 Å². The number of hydrogen-bond acceptors (Lipinski definition) is 1. The van der Waals surface area contributed by atoms with Crippen molar-refractivity contribution >= 4 is 36.2 Å². The lowest BCUT2D eigenvalue weighted by Crippen LogP contribution is -2.58. The van der Waals surface area contributed by atoms with Crippen molar-refractivity contribution in [3.05, 3.63) is 65.7 Å². The maximum Gasteiger partial charge on any atom is 0.193 e. The van der Waals surface area contributed by atoms with E-state index in [1.54, 1.807) is 0 Å². The van der Waals surface area contributed by atoms with Gasteiger partial charge in [-0.25, -0.2) is 4.99 Å². The molecule has 164 valence electrons. The van der Waals surface area contributed by atoms with Crippen LogP contribution < -0.4 is 11.1 Å². The molecule has 4 saturated carbocycles. The van der Waals surface area contributed by atoms with E-state index in [0.29, 0.717) is 16.8 Å². The van der Waals surface area contributed by atoms with Crippen LogP contribution in [0.4, 0.5) is 5.69 Å². The smallest absolute Gasteiger partial charge is 0.193 e. The Labute approximate surface area is 192 Å². The van der Waals surface area contributed by atoms with Crippen LogP contribution in [0.1, 0.15) is 63.5 Å². The number of rotatable bonds is 4. The van der Waals surface area contributed by atoms with Crippen molar-refractivity contribution < 1.29 is 0 Å². The van der Waals surface area contributed by atoms with Gasteiger partial charge in [-0.15, -0.1) is 12.4 Å². The predicted octanol–water partition coefficient (Wildman–Crippen LogP) is 6.75. The molecule has 6 rings (SSSR count). The zero-order valence-corrected chi connectivity index (χ0v) is 19.4. The van der Waals surface area contributed by atoms with E-state index in [0.717, 1.165) is 17.2 Å². The second kappa shape index (κ2) is 8.02. The molecular weight excluding hydrogens is 402 g/mol. The number of nitrogens with two attached hydrogens (primary N) is 1. The Morgan fingerprint density at radius 2 is 1.55 bits per heavy atom. The summed E-state index contributed by atoms with van der Waals surface area (Å²) in [5.41, 5.74) is 10.7. The maximum absolute atomic E-state index is 6.50. The Morgan fingerprint density at radius 1 is 0.903 bits per heavy atom. The highest BCUT2D eigenvalue weighted by Crippen LogP contribution is 2.67. The number of nitrogens with one attached hydrogen (secondary N) is 1. The van der Waals surface area contributed by atoms with Crippen molar-refractivity contribution in [2.75, 3.05) is 5.32 Å². The summed E-state index contributed by atoms with van der Waals surface area (Å²) in [6, 6.07) is 18.7. The third-order valence-corrected chi connectivity index (χ3v) is 7.43. The van der Waals surface area contributed by atoms with Crippen molar-refractivity contribution in [2.24, 2.45) is 27.5 Å². The molecule has 2 atom stereocenters. The van der Waals surface area contributed by atoms with Gasteiger partial charge < -0.3 is 11.1 Å². The number of guanidine groups is 1. The fourth-order valence-electron chi connectivity index (χ4n) is 7.44. The van der Waals surface area contributed by atoms with Gasteiger partial charge in [-0.3, -0.25) is 0 Å². The van der Waals surface area contributed by atoms with Gasteiger partial charge in [-0.1, -0.05) is 74.5 Å². The van der Waals surface area contributed by atoms with E-state index in [1.165, 1.54) is 44.1 Å². The average Bonchev–Trinajstić information content (AvgIpc) is 2.64. The molecule has 4 heteroatoms. The first-order valence-corrected chi connectivity index (χ1v) is 11.3. The van der Waals surface area contributed by atoms with Crippen LogP contribution in [-0.2, 0) is 0 Å². The Kier molecular flexibility index (Phi) is 5.68. The number of halogens is 1. The molecule has 0 saturated heterocycles. The third-order valence-electron chi connectivity index (χ3n) is 7.43. The van der Waals surface area contributed by atoms with Crippen molar-refractivity contribution in [1.29, 1.82) is 0 Å². The molecule has 0 radical (unpaired) electrons. The van der Waals surface area contributed by atoms with Crippen molar-refractivity contribution in [3.8, 4) is 0 Å². The number of hydrogen-bond donors (Lipinski definition) is 2. The highest BCUT2D eigenvalue weighted by molar-refractivity contribution is 5.95. The fourth-order valence-corrected chi connectivity index (χ4v) is 7.44. The Hall–Kier alpha value is -2.26. The molecule has 2 unspecified atom stereocenters. The van der Waals surface area contributed by atoms with E-state index in [4.69, 9.17) is 10.7 Å². The normalized spacial score (nSPS) is 34.0. The summed E-state index contributed by atoms with van der Waals surface area (Å²) in [6.07, 6.45) is 11.9. The Bertz CT molecular complexity index is 979. The largest absolute Gasteiger partial charge is 0.370 e. The number of benzene rings is 2. The molecule has 3 N–H and O–H groups in total. The van der Waals surface area contributed by atoms with E-state index >= 15 is 0 Å². The van der Waals surface area contributed by atoms with E-state index in [-0.39, 0.29) is 17.9 Å². The maximum atomic E-state index is 6.50. The zero-order chi connectivity index (χ0) is 20.8. The van der Waals surface area contributed by atoms with E-state index < -0.39 is 0 Å². The molecule has 3 nitrogen and oxygen atoms in total.